The summed E-state index contributed by atoms with van der Waals surface area (Å²) in [5.74, 6) is 0.354. The topological polar surface area (TPSA) is 29.5 Å². The van der Waals surface area contributed by atoms with Gasteiger partial charge in [-0.05, 0) is 18.3 Å². The van der Waals surface area contributed by atoms with Gasteiger partial charge >= 0.3 is 6.09 Å². The lowest BCUT2D eigenvalue weighted by Gasteiger charge is -2.26. The normalized spacial score (nSPS) is 11.4. The summed E-state index contributed by atoms with van der Waals surface area (Å²) >= 11 is 5.51. The van der Waals surface area contributed by atoms with E-state index in [1.54, 1.807) is 4.90 Å². The van der Waals surface area contributed by atoms with Crippen molar-refractivity contribution in [2.75, 3.05) is 25.6 Å². The van der Waals surface area contributed by atoms with Crippen molar-refractivity contribution in [3.05, 3.63) is 0 Å². The van der Waals surface area contributed by atoms with E-state index in [1.807, 2.05) is 0 Å². The van der Waals surface area contributed by atoms with Gasteiger partial charge in [0.05, 0.1) is 5.88 Å². The molecule has 3 nitrogen and oxygen atoms in total. The second-order valence-corrected chi connectivity index (χ2v) is 5.83. The van der Waals surface area contributed by atoms with E-state index in [2.05, 4.69) is 27.7 Å². The highest BCUT2D eigenvalue weighted by Gasteiger charge is 2.18. The van der Waals surface area contributed by atoms with Gasteiger partial charge in [-0.15, -0.1) is 11.6 Å². The molecule has 0 radical (unpaired) electrons. The SMILES string of the molecule is CCCCN(CCC(C)(C)C)C(=O)OCCCl. The first-order valence-electron chi connectivity index (χ1n) is 6.38. The maximum atomic E-state index is 11.8. The quantitative estimate of drug-likeness (QED) is 0.652. The molecule has 0 bridgehead atoms. The van der Waals surface area contributed by atoms with Gasteiger partial charge < -0.3 is 9.64 Å². The Morgan fingerprint density at radius 2 is 1.94 bits per heavy atom. The van der Waals surface area contributed by atoms with Crippen LogP contribution in [0.1, 0.15) is 47.0 Å². The van der Waals surface area contributed by atoms with Gasteiger partial charge in [-0.3, -0.25) is 0 Å². The predicted octanol–water partition coefficient (Wildman–Crippen LogP) is 3.90. The number of carbonyl (C=O) groups excluding carboxylic acids is 1. The van der Waals surface area contributed by atoms with E-state index < -0.39 is 0 Å². The van der Waals surface area contributed by atoms with E-state index in [-0.39, 0.29) is 11.5 Å². The summed E-state index contributed by atoms with van der Waals surface area (Å²) in [4.78, 5) is 13.6. The molecule has 0 saturated heterocycles. The summed E-state index contributed by atoms with van der Waals surface area (Å²) in [6.45, 7) is 10.5. The fourth-order valence-corrected chi connectivity index (χ4v) is 1.41. The Labute approximate surface area is 110 Å². The molecule has 0 unspecified atom stereocenters. The first-order valence-corrected chi connectivity index (χ1v) is 6.92. The van der Waals surface area contributed by atoms with Crippen LogP contribution in [-0.2, 0) is 4.74 Å². The molecule has 0 aliphatic heterocycles. The zero-order chi connectivity index (χ0) is 13.3. The van der Waals surface area contributed by atoms with Crippen LogP contribution in [0.25, 0.3) is 0 Å². The predicted molar refractivity (Wildman–Crippen MR) is 72.6 cm³/mol. The molecule has 0 spiro atoms. The highest BCUT2D eigenvalue weighted by atomic mass is 35.5. The van der Waals surface area contributed by atoms with Crippen LogP contribution in [0.2, 0.25) is 0 Å². The molecule has 1 amide bonds. The first-order chi connectivity index (χ1) is 7.90. The summed E-state index contributed by atoms with van der Waals surface area (Å²) in [7, 11) is 0. The highest BCUT2D eigenvalue weighted by molar-refractivity contribution is 6.18. The smallest absolute Gasteiger partial charge is 0.409 e. The van der Waals surface area contributed by atoms with Gasteiger partial charge in [0.25, 0.3) is 0 Å². The van der Waals surface area contributed by atoms with Crippen LogP contribution in [0.15, 0.2) is 0 Å². The molecule has 0 aromatic carbocycles. The second kappa shape index (κ2) is 8.62. The minimum absolute atomic E-state index is 0.233. The van der Waals surface area contributed by atoms with Crippen LogP contribution in [0, 0.1) is 5.41 Å². The lowest BCUT2D eigenvalue weighted by molar-refractivity contribution is 0.102. The molecule has 0 N–H and O–H groups in total. The average Bonchev–Trinajstić information content (AvgIpc) is 2.24. The van der Waals surface area contributed by atoms with E-state index in [1.165, 1.54) is 0 Å². The largest absolute Gasteiger partial charge is 0.448 e. The van der Waals surface area contributed by atoms with E-state index in [9.17, 15) is 4.79 Å². The maximum absolute atomic E-state index is 11.8. The third-order valence-corrected chi connectivity index (χ3v) is 2.63. The Kier molecular flexibility index (Phi) is 8.40. The molecular formula is C13H26ClNO2. The van der Waals surface area contributed by atoms with Crippen molar-refractivity contribution in [2.45, 2.75) is 47.0 Å². The third kappa shape index (κ3) is 9.28. The number of halogens is 1. The van der Waals surface area contributed by atoms with E-state index in [4.69, 9.17) is 16.3 Å². The average molecular weight is 264 g/mol. The summed E-state index contributed by atoms with van der Waals surface area (Å²) in [6, 6.07) is 0. The number of unbranched alkanes of at least 4 members (excludes halogenated alkanes) is 1. The summed E-state index contributed by atoms with van der Waals surface area (Å²) in [5, 5.41) is 0. The van der Waals surface area contributed by atoms with Crippen molar-refractivity contribution in [1.82, 2.24) is 4.90 Å². The van der Waals surface area contributed by atoms with Gasteiger partial charge in [0.2, 0.25) is 0 Å². The Balaban J connectivity index is 4.16. The Hall–Kier alpha value is -0.440. The number of ether oxygens (including phenoxy) is 1. The molecule has 0 aromatic heterocycles. The van der Waals surface area contributed by atoms with Gasteiger partial charge in [0.1, 0.15) is 6.61 Å². The molecule has 0 aliphatic rings. The Bertz CT molecular complexity index is 214. The molecule has 0 aromatic rings. The maximum Gasteiger partial charge on any atom is 0.409 e. The van der Waals surface area contributed by atoms with Crippen molar-refractivity contribution in [3.63, 3.8) is 0 Å². The minimum Gasteiger partial charge on any atom is -0.448 e. The lowest BCUT2D eigenvalue weighted by Crippen LogP contribution is -2.35. The van der Waals surface area contributed by atoms with Crippen LogP contribution in [-0.4, -0.2) is 36.6 Å². The van der Waals surface area contributed by atoms with Gasteiger partial charge in [0, 0.05) is 13.1 Å². The number of hydrogen-bond donors (Lipinski definition) is 0. The molecule has 102 valence electrons. The van der Waals surface area contributed by atoms with Gasteiger partial charge in [0.15, 0.2) is 0 Å². The molecule has 0 rings (SSSR count). The van der Waals surface area contributed by atoms with Crippen LogP contribution in [0.5, 0.6) is 0 Å². The Morgan fingerprint density at radius 3 is 2.41 bits per heavy atom. The van der Waals surface area contributed by atoms with Crippen LogP contribution in [0.3, 0.4) is 0 Å². The van der Waals surface area contributed by atoms with Crippen molar-refractivity contribution in [3.8, 4) is 0 Å². The first kappa shape index (κ1) is 16.6. The number of rotatable bonds is 7. The van der Waals surface area contributed by atoms with Crippen molar-refractivity contribution in [1.29, 1.82) is 0 Å². The molecule has 4 heteroatoms. The van der Waals surface area contributed by atoms with E-state index in [0.29, 0.717) is 12.5 Å². The second-order valence-electron chi connectivity index (χ2n) is 5.45. The number of alkyl halides is 1. The van der Waals surface area contributed by atoms with E-state index >= 15 is 0 Å². The highest BCUT2D eigenvalue weighted by Crippen LogP contribution is 2.19. The van der Waals surface area contributed by atoms with Crippen molar-refractivity contribution in [2.24, 2.45) is 5.41 Å². The fourth-order valence-electron chi connectivity index (χ4n) is 1.33. The van der Waals surface area contributed by atoms with E-state index in [0.717, 1.165) is 32.4 Å². The van der Waals surface area contributed by atoms with Crippen molar-refractivity contribution < 1.29 is 9.53 Å². The molecule has 0 atom stereocenters. The summed E-state index contributed by atoms with van der Waals surface area (Å²) in [6.07, 6.45) is 2.84. The molecule has 0 heterocycles. The van der Waals surface area contributed by atoms with Gasteiger partial charge in [-0.25, -0.2) is 4.79 Å². The standard InChI is InChI=1S/C13H26ClNO2/c1-5-6-9-15(10-7-13(2,3)4)12(16)17-11-8-14/h5-11H2,1-4H3. The lowest BCUT2D eigenvalue weighted by atomic mass is 9.92. The van der Waals surface area contributed by atoms with Crippen LogP contribution < -0.4 is 0 Å². The van der Waals surface area contributed by atoms with Crippen LogP contribution >= 0.6 is 11.6 Å². The van der Waals surface area contributed by atoms with Gasteiger partial charge in [-0.1, -0.05) is 34.1 Å². The van der Waals surface area contributed by atoms with Crippen molar-refractivity contribution >= 4 is 17.7 Å². The Morgan fingerprint density at radius 1 is 1.29 bits per heavy atom. The fraction of sp³-hybridized carbons (Fsp3) is 0.923. The number of nitrogens with zero attached hydrogens (tertiary/aromatic N) is 1. The number of amides is 1. The zero-order valence-electron chi connectivity index (χ0n) is 11.6. The molecule has 0 aliphatic carbocycles. The molecule has 17 heavy (non-hydrogen) atoms. The van der Waals surface area contributed by atoms with Crippen LogP contribution in [0.4, 0.5) is 4.79 Å². The summed E-state index contributed by atoms with van der Waals surface area (Å²) in [5.41, 5.74) is 0.233. The number of carbonyl (C=O) groups is 1. The minimum atomic E-state index is -0.233. The molecule has 0 saturated carbocycles. The summed E-state index contributed by atoms with van der Waals surface area (Å²) < 4.78 is 5.07. The monoisotopic (exact) mass is 263 g/mol. The number of hydrogen-bond acceptors (Lipinski definition) is 2. The zero-order valence-corrected chi connectivity index (χ0v) is 12.3. The molecular weight excluding hydrogens is 238 g/mol. The third-order valence-electron chi connectivity index (χ3n) is 2.47. The molecule has 0 fully saturated rings. The van der Waals surface area contributed by atoms with Gasteiger partial charge in [-0.2, -0.15) is 0 Å².